The molecule has 8 heteroatoms. The van der Waals surface area contributed by atoms with Crippen molar-refractivity contribution >= 4 is 15.8 Å². The number of nitrogens with zero attached hydrogens (tertiary/aromatic N) is 3. The van der Waals surface area contributed by atoms with E-state index < -0.39 is 15.4 Å². The summed E-state index contributed by atoms with van der Waals surface area (Å²) < 4.78 is 22.1. The molecule has 0 saturated carbocycles. The van der Waals surface area contributed by atoms with E-state index in [4.69, 9.17) is 0 Å². The van der Waals surface area contributed by atoms with Crippen molar-refractivity contribution < 1.29 is 8.42 Å². The molecule has 0 aliphatic carbocycles. The minimum absolute atomic E-state index is 0.00847. The summed E-state index contributed by atoms with van der Waals surface area (Å²) in [5.41, 5.74) is -0.614. The minimum atomic E-state index is -3.03. The second-order valence-corrected chi connectivity index (χ2v) is 5.95. The Bertz CT molecular complexity index is 382. The highest BCUT2D eigenvalue weighted by Gasteiger charge is 2.24. The van der Waals surface area contributed by atoms with Crippen LogP contribution in [0.15, 0.2) is 0 Å². The first kappa shape index (κ1) is 10.9. The number of anilines is 1. The van der Waals surface area contributed by atoms with Crippen molar-refractivity contribution in [1.82, 2.24) is 20.6 Å². The Morgan fingerprint density at radius 1 is 1.50 bits per heavy atom. The highest BCUT2D eigenvalue weighted by molar-refractivity contribution is 7.90. The number of hydrogen-bond acceptors (Lipinski definition) is 6. The topological polar surface area (TPSA) is 101 Å². The van der Waals surface area contributed by atoms with Gasteiger partial charge in [-0.3, -0.25) is 0 Å². The average molecular weight is 219 g/mol. The largest absolute Gasteiger partial charge is 0.346 e. The lowest BCUT2D eigenvalue weighted by molar-refractivity contribution is 0.569. The number of rotatable bonds is 4. The first-order valence-corrected chi connectivity index (χ1v) is 6.04. The third-order valence-electron chi connectivity index (χ3n) is 1.42. The Morgan fingerprint density at radius 3 is 2.57 bits per heavy atom. The molecule has 0 aliphatic rings. The van der Waals surface area contributed by atoms with Crippen LogP contribution >= 0.6 is 0 Å². The maximum Gasteiger partial charge on any atom is 0.263 e. The van der Waals surface area contributed by atoms with E-state index in [-0.39, 0.29) is 5.75 Å². The predicted molar refractivity (Wildman–Crippen MR) is 51.6 cm³/mol. The van der Waals surface area contributed by atoms with Crippen LogP contribution in [0.25, 0.3) is 0 Å². The number of sulfone groups is 1. The number of nitrogens with one attached hydrogen (secondary N) is 2. The van der Waals surface area contributed by atoms with Crippen LogP contribution in [0.5, 0.6) is 0 Å². The molecule has 1 rings (SSSR count). The van der Waals surface area contributed by atoms with E-state index in [0.29, 0.717) is 5.95 Å². The third-order valence-corrected chi connectivity index (χ3v) is 2.66. The van der Waals surface area contributed by atoms with Crippen LogP contribution < -0.4 is 5.32 Å². The van der Waals surface area contributed by atoms with Crippen molar-refractivity contribution in [3.8, 4) is 0 Å². The van der Waals surface area contributed by atoms with Gasteiger partial charge in [-0.1, -0.05) is 5.10 Å². The molecule has 0 aliphatic heterocycles. The zero-order valence-corrected chi connectivity index (χ0v) is 9.09. The molecule has 0 unspecified atom stereocenters. The lowest BCUT2D eigenvalue weighted by Gasteiger charge is -2.23. The summed E-state index contributed by atoms with van der Waals surface area (Å²) in [6.07, 6.45) is 1.19. The molecule has 0 amide bonds. The van der Waals surface area contributed by atoms with Crippen molar-refractivity contribution in [3.05, 3.63) is 0 Å². The lowest BCUT2D eigenvalue weighted by Crippen LogP contribution is -2.38. The first-order chi connectivity index (χ1) is 6.29. The molecule has 0 radical (unpaired) electrons. The fourth-order valence-electron chi connectivity index (χ4n) is 1.21. The lowest BCUT2D eigenvalue weighted by atomic mass is 10.1. The van der Waals surface area contributed by atoms with Gasteiger partial charge in [-0.05, 0) is 19.1 Å². The normalized spacial score (nSPS) is 12.8. The molecule has 1 heterocycles. The van der Waals surface area contributed by atoms with Crippen LogP contribution in [-0.4, -0.2) is 46.6 Å². The predicted octanol–water partition coefficient (Wildman–Crippen LogP) is -0.565. The average Bonchev–Trinajstić information content (AvgIpc) is 2.31. The Kier molecular flexibility index (Phi) is 2.74. The summed E-state index contributed by atoms with van der Waals surface area (Å²) in [6, 6.07) is 0. The zero-order chi connectivity index (χ0) is 10.8. The molecule has 80 valence electrons. The maximum absolute atomic E-state index is 11.1. The molecule has 0 aromatic carbocycles. The standard InChI is InChI=1S/C6H13N5O2S/c1-6(2,4-14(3,12)13)7-5-8-10-11-9-5/h4H2,1-3H3,(H2,7,8,9,10,11). The smallest absolute Gasteiger partial charge is 0.263 e. The van der Waals surface area contributed by atoms with Crippen LogP contribution in [0, 0.1) is 0 Å². The number of aromatic nitrogens is 4. The molecule has 0 spiro atoms. The van der Waals surface area contributed by atoms with Crippen LogP contribution in [0.3, 0.4) is 0 Å². The Balaban J connectivity index is 2.67. The van der Waals surface area contributed by atoms with Crippen LogP contribution in [0.4, 0.5) is 5.95 Å². The molecule has 0 saturated heterocycles. The van der Waals surface area contributed by atoms with Crippen molar-refractivity contribution in [2.75, 3.05) is 17.3 Å². The number of tetrazole rings is 1. The molecule has 2 N–H and O–H groups in total. The van der Waals surface area contributed by atoms with E-state index in [1.165, 1.54) is 6.26 Å². The maximum atomic E-state index is 11.1. The van der Waals surface area contributed by atoms with Crippen LogP contribution in [0.1, 0.15) is 13.8 Å². The Morgan fingerprint density at radius 2 is 2.14 bits per heavy atom. The summed E-state index contributed by atoms with van der Waals surface area (Å²) in [5, 5.41) is 15.8. The quantitative estimate of drug-likeness (QED) is 0.703. The van der Waals surface area contributed by atoms with Crippen molar-refractivity contribution in [2.45, 2.75) is 19.4 Å². The molecule has 0 fully saturated rings. The van der Waals surface area contributed by atoms with Gasteiger partial charge in [0, 0.05) is 11.8 Å². The second kappa shape index (κ2) is 3.52. The fourth-order valence-corrected chi connectivity index (χ4v) is 2.59. The van der Waals surface area contributed by atoms with Gasteiger partial charge in [0.15, 0.2) is 0 Å². The van der Waals surface area contributed by atoms with Gasteiger partial charge in [-0.2, -0.15) is 5.21 Å². The second-order valence-electron chi connectivity index (χ2n) is 3.81. The molecule has 14 heavy (non-hydrogen) atoms. The highest BCUT2D eigenvalue weighted by Crippen LogP contribution is 2.11. The molecular formula is C6H13N5O2S. The number of H-pyrrole nitrogens is 1. The van der Waals surface area contributed by atoms with Gasteiger partial charge in [0.1, 0.15) is 9.84 Å². The SMILES string of the molecule is CC(C)(CS(C)(=O)=O)Nc1nn[nH]n1. The van der Waals surface area contributed by atoms with Gasteiger partial charge in [0.05, 0.1) is 5.75 Å². The Hall–Kier alpha value is -1.18. The minimum Gasteiger partial charge on any atom is -0.346 e. The van der Waals surface area contributed by atoms with Gasteiger partial charge < -0.3 is 5.32 Å². The molecular weight excluding hydrogens is 206 g/mol. The zero-order valence-electron chi connectivity index (χ0n) is 8.27. The van der Waals surface area contributed by atoms with Crippen molar-refractivity contribution in [2.24, 2.45) is 0 Å². The summed E-state index contributed by atoms with van der Waals surface area (Å²) in [5.74, 6) is 0.299. The van der Waals surface area contributed by atoms with Gasteiger partial charge in [0.25, 0.3) is 5.95 Å². The molecule has 1 aromatic heterocycles. The molecule has 0 atom stereocenters. The van der Waals surface area contributed by atoms with Gasteiger partial charge in [-0.25, -0.2) is 8.42 Å². The van der Waals surface area contributed by atoms with Crippen LogP contribution in [-0.2, 0) is 9.84 Å². The van der Waals surface area contributed by atoms with Gasteiger partial charge >= 0.3 is 0 Å². The summed E-state index contributed by atoms with van der Waals surface area (Å²) in [6.45, 7) is 3.51. The van der Waals surface area contributed by atoms with E-state index >= 15 is 0 Å². The number of hydrogen-bond donors (Lipinski definition) is 2. The third kappa shape index (κ3) is 3.69. The van der Waals surface area contributed by atoms with Gasteiger partial charge in [-0.15, -0.1) is 5.10 Å². The van der Waals surface area contributed by atoms with Crippen LogP contribution in [0.2, 0.25) is 0 Å². The molecule has 7 nitrogen and oxygen atoms in total. The van der Waals surface area contributed by atoms with E-state index in [0.717, 1.165) is 0 Å². The van der Waals surface area contributed by atoms with Crippen molar-refractivity contribution in [3.63, 3.8) is 0 Å². The van der Waals surface area contributed by atoms with E-state index in [2.05, 4.69) is 25.9 Å². The van der Waals surface area contributed by atoms with E-state index in [1.54, 1.807) is 13.8 Å². The Labute approximate surface area is 82.2 Å². The van der Waals surface area contributed by atoms with E-state index in [1.807, 2.05) is 0 Å². The fraction of sp³-hybridized carbons (Fsp3) is 0.833. The summed E-state index contributed by atoms with van der Waals surface area (Å²) in [4.78, 5) is 0. The molecule has 0 bridgehead atoms. The summed E-state index contributed by atoms with van der Waals surface area (Å²) >= 11 is 0. The summed E-state index contributed by atoms with van der Waals surface area (Å²) in [7, 11) is -3.03. The monoisotopic (exact) mass is 219 g/mol. The number of aromatic amines is 1. The van der Waals surface area contributed by atoms with Gasteiger partial charge in [0.2, 0.25) is 0 Å². The first-order valence-electron chi connectivity index (χ1n) is 3.98. The highest BCUT2D eigenvalue weighted by atomic mass is 32.2. The van der Waals surface area contributed by atoms with Crippen molar-refractivity contribution in [1.29, 1.82) is 0 Å². The van der Waals surface area contributed by atoms with E-state index in [9.17, 15) is 8.42 Å². The molecule has 1 aromatic rings.